The molecule has 1 amide bonds. The lowest BCUT2D eigenvalue weighted by molar-refractivity contribution is -0.120. The molecule has 0 spiro atoms. The lowest BCUT2D eigenvalue weighted by Crippen LogP contribution is -2.36. The van der Waals surface area contributed by atoms with Gasteiger partial charge in [0.1, 0.15) is 11.6 Å². The Morgan fingerprint density at radius 1 is 1.11 bits per heavy atom. The number of amides is 1. The molecule has 2 aromatic heterocycles. The smallest absolute Gasteiger partial charge is 0.234 e. The third-order valence-electron chi connectivity index (χ3n) is 7.01. The summed E-state index contributed by atoms with van der Waals surface area (Å²) in [6.45, 7) is 5.03. The summed E-state index contributed by atoms with van der Waals surface area (Å²) in [6.07, 6.45) is 7.79. The average Bonchev–Trinajstić information content (AvgIpc) is 3.35. The topological polar surface area (TPSA) is 71.2 Å². The predicted molar refractivity (Wildman–Crippen MR) is 148 cm³/mol. The third kappa shape index (κ3) is 5.89. The van der Waals surface area contributed by atoms with Gasteiger partial charge < -0.3 is 10.0 Å². The number of hydrogen-bond acceptors (Lipinski definition) is 4. The van der Waals surface area contributed by atoms with Crippen LogP contribution < -0.4 is 4.90 Å². The zero-order valence-electron chi connectivity index (χ0n) is 21.5. The Bertz CT molecular complexity index is 1390. The van der Waals surface area contributed by atoms with Crippen molar-refractivity contribution in [3.8, 4) is 5.75 Å². The van der Waals surface area contributed by atoms with Gasteiger partial charge in [-0.3, -0.25) is 14.5 Å². The van der Waals surface area contributed by atoms with Gasteiger partial charge in [-0.1, -0.05) is 38.1 Å². The molecular weight excluding hydrogens is 503 g/mol. The van der Waals surface area contributed by atoms with Crippen molar-refractivity contribution >= 4 is 24.0 Å². The van der Waals surface area contributed by atoms with Crippen LogP contribution in [0.5, 0.6) is 5.75 Å². The molecule has 8 heteroatoms. The second-order valence-electron chi connectivity index (χ2n) is 9.98. The molecule has 2 aromatic carbocycles. The normalized spacial score (nSPS) is 14.6. The Balaban J connectivity index is 0.00000336. The van der Waals surface area contributed by atoms with E-state index in [1.165, 1.54) is 12.1 Å². The zero-order valence-corrected chi connectivity index (χ0v) is 22.4. The number of carbonyl (C=O) groups is 1. The number of rotatable bonds is 7. The van der Waals surface area contributed by atoms with Crippen LogP contribution in [0.4, 0.5) is 10.1 Å². The van der Waals surface area contributed by atoms with E-state index in [9.17, 15) is 14.3 Å². The Morgan fingerprint density at radius 2 is 1.89 bits per heavy atom. The first-order chi connectivity index (χ1) is 17.9. The Hall–Kier alpha value is -3.71. The number of fused-ring (bicyclic) bond motifs is 1. The highest BCUT2D eigenvalue weighted by atomic mass is 35.5. The summed E-state index contributed by atoms with van der Waals surface area (Å²) in [6, 6.07) is 15.7. The second-order valence-corrected chi connectivity index (χ2v) is 9.98. The van der Waals surface area contributed by atoms with Crippen molar-refractivity contribution in [3.05, 3.63) is 107 Å². The van der Waals surface area contributed by atoms with E-state index in [1.807, 2.05) is 30.5 Å². The van der Waals surface area contributed by atoms with E-state index in [0.717, 1.165) is 52.9 Å². The van der Waals surface area contributed by atoms with E-state index < -0.39 is 0 Å². The minimum atomic E-state index is -0.338. The molecule has 6 nitrogen and oxygen atoms in total. The Morgan fingerprint density at radius 3 is 2.61 bits per heavy atom. The van der Waals surface area contributed by atoms with E-state index >= 15 is 0 Å². The van der Waals surface area contributed by atoms with Crippen LogP contribution in [-0.2, 0) is 24.3 Å². The number of pyridine rings is 1. The van der Waals surface area contributed by atoms with Gasteiger partial charge in [-0.25, -0.2) is 4.39 Å². The van der Waals surface area contributed by atoms with Crippen molar-refractivity contribution in [2.24, 2.45) is 0 Å². The molecule has 1 atom stereocenters. The highest BCUT2D eigenvalue weighted by Gasteiger charge is 2.32. The molecule has 0 radical (unpaired) electrons. The van der Waals surface area contributed by atoms with Crippen LogP contribution in [0.15, 0.2) is 73.2 Å². The monoisotopic (exact) mass is 534 g/mol. The molecule has 0 bridgehead atoms. The van der Waals surface area contributed by atoms with E-state index in [4.69, 9.17) is 0 Å². The van der Waals surface area contributed by atoms with Crippen molar-refractivity contribution in [2.75, 3.05) is 4.90 Å². The van der Waals surface area contributed by atoms with Crippen molar-refractivity contribution < 1.29 is 14.3 Å². The zero-order chi connectivity index (χ0) is 25.9. The van der Waals surface area contributed by atoms with Gasteiger partial charge in [0.15, 0.2) is 0 Å². The fourth-order valence-corrected chi connectivity index (χ4v) is 5.00. The van der Waals surface area contributed by atoms with E-state index in [1.54, 1.807) is 40.2 Å². The third-order valence-corrected chi connectivity index (χ3v) is 7.01. The molecule has 38 heavy (non-hydrogen) atoms. The number of anilines is 1. The van der Waals surface area contributed by atoms with Crippen molar-refractivity contribution in [1.82, 2.24) is 14.8 Å². The number of hydrogen-bond donors (Lipinski definition) is 1. The van der Waals surface area contributed by atoms with Crippen LogP contribution in [0.25, 0.3) is 0 Å². The summed E-state index contributed by atoms with van der Waals surface area (Å²) in [5, 5.41) is 14.9. The SMILES string of the molecule is CC(C)c1ccc(N(Cc2cnn(Cc3ccc(F)cc3)c2)C(=O)C2CCCc3c(O)cccc32)cn1.Cl. The van der Waals surface area contributed by atoms with Gasteiger partial charge in [-0.15, -0.1) is 12.4 Å². The highest BCUT2D eigenvalue weighted by Crippen LogP contribution is 2.38. The molecule has 0 saturated heterocycles. The molecule has 4 aromatic rings. The van der Waals surface area contributed by atoms with Gasteiger partial charge in [0.05, 0.1) is 37.1 Å². The Kier molecular flexibility index (Phi) is 8.47. The van der Waals surface area contributed by atoms with E-state index in [0.29, 0.717) is 13.1 Å². The first-order valence-corrected chi connectivity index (χ1v) is 12.7. The highest BCUT2D eigenvalue weighted by molar-refractivity contribution is 5.98. The molecule has 0 saturated carbocycles. The number of nitrogens with zero attached hydrogens (tertiary/aromatic N) is 4. The quantitative estimate of drug-likeness (QED) is 0.299. The predicted octanol–water partition coefficient (Wildman–Crippen LogP) is 6.37. The molecule has 0 aliphatic heterocycles. The summed E-state index contributed by atoms with van der Waals surface area (Å²) >= 11 is 0. The molecule has 1 aliphatic carbocycles. The number of phenols is 1. The van der Waals surface area contributed by atoms with Crippen LogP contribution in [0.2, 0.25) is 0 Å². The largest absolute Gasteiger partial charge is 0.508 e. The summed E-state index contributed by atoms with van der Waals surface area (Å²) in [4.78, 5) is 20.5. The fourth-order valence-electron chi connectivity index (χ4n) is 5.00. The maximum absolute atomic E-state index is 14.1. The van der Waals surface area contributed by atoms with Crippen LogP contribution in [0.1, 0.15) is 66.5 Å². The molecule has 1 aliphatic rings. The van der Waals surface area contributed by atoms with Crippen molar-refractivity contribution in [3.63, 3.8) is 0 Å². The maximum atomic E-state index is 14.1. The standard InChI is InChI=1S/C30H31FN4O2.ClH/c1-20(2)28-14-13-24(16-32-28)35(30(37)27-7-3-6-26-25(27)5-4-8-29(26)36)19-22-15-33-34(18-22)17-21-9-11-23(31)12-10-21;/h4-5,8-16,18,20,27,36H,3,6-7,17,19H2,1-2H3;1H. The van der Waals surface area contributed by atoms with Gasteiger partial charge in [0.2, 0.25) is 5.91 Å². The number of carbonyl (C=O) groups excluding carboxylic acids is 1. The number of halogens is 2. The van der Waals surface area contributed by atoms with Gasteiger partial charge in [-0.2, -0.15) is 5.10 Å². The van der Waals surface area contributed by atoms with Crippen molar-refractivity contribution in [2.45, 2.75) is 58.0 Å². The summed E-state index contributed by atoms with van der Waals surface area (Å²) in [5.74, 6) is -0.0803. The van der Waals surface area contributed by atoms with E-state index in [-0.39, 0.29) is 41.7 Å². The summed E-state index contributed by atoms with van der Waals surface area (Å²) in [5.41, 5.74) is 5.29. The van der Waals surface area contributed by atoms with Crippen LogP contribution in [-0.4, -0.2) is 25.8 Å². The second kappa shape index (κ2) is 11.8. The Labute approximate surface area is 228 Å². The molecule has 198 valence electrons. The van der Waals surface area contributed by atoms with Gasteiger partial charge in [0.25, 0.3) is 0 Å². The van der Waals surface area contributed by atoms with E-state index in [2.05, 4.69) is 23.9 Å². The van der Waals surface area contributed by atoms with Gasteiger partial charge in [-0.05, 0) is 72.2 Å². The fraction of sp³-hybridized carbons (Fsp3) is 0.300. The average molecular weight is 535 g/mol. The molecule has 5 rings (SSSR count). The lowest BCUT2D eigenvalue weighted by atomic mass is 9.81. The van der Waals surface area contributed by atoms with Crippen LogP contribution >= 0.6 is 12.4 Å². The van der Waals surface area contributed by atoms with Crippen LogP contribution in [0.3, 0.4) is 0 Å². The molecular formula is C30H32ClFN4O2. The summed E-state index contributed by atoms with van der Waals surface area (Å²) in [7, 11) is 0. The minimum Gasteiger partial charge on any atom is -0.508 e. The molecule has 1 N–H and O–H groups in total. The minimum absolute atomic E-state index is 0. The molecule has 2 heterocycles. The number of phenolic OH excluding ortho intramolecular Hbond substituents is 1. The number of aromatic hydroxyl groups is 1. The maximum Gasteiger partial charge on any atom is 0.234 e. The first kappa shape index (κ1) is 27.3. The number of benzene rings is 2. The first-order valence-electron chi connectivity index (χ1n) is 12.7. The molecule has 1 unspecified atom stereocenters. The molecule has 0 fully saturated rings. The number of aromatic nitrogens is 3. The van der Waals surface area contributed by atoms with Crippen molar-refractivity contribution in [1.29, 1.82) is 0 Å². The summed E-state index contributed by atoms with van der Waals surface area (Å²) < 4.78 is 15.1. The van der Waals surface area contributed by atoms with Gasteiger partial charge in [0, 0.05) is 17.5 Å². The van der Waals surface area contributed by atoms with Crippen LogP contribution in [0, 0.1) is 5.82 Å². The van der Waals surface area contributed by atoms with Gasteiger partial charge >= 0.3 is 0 Å². The lowest BCUT2D eigenvalue weighted by Gasteiger charge is -2.31.